The zero-order chi connectivity index (χ0) is 20.4. The molecule has 0 unspecified atom stereocenters. The first-order chi connectivity index (χ1) is 13.4. The van der Waals surface area contributed by atoms with Crippen LogP contribution in [0.4, 0.5) is 0 Å². The lowest BCUT2D eigenvalue weighted by molar-refractivity contribution is -0.138. The Balaban J connectivity index is 0.000000345. The number of nitrogens with one attached hydrogen (secondary N) is 2. The molecule has 0 saturated carbocycles. The molecule has 1 aromatic carbocycles. The largest absolute Gasteiger partial charge is 0.462 e. The third-order valence-corrected chi connectivity index (χ3v) is 4.20. The van der Waals surface area contributed by atoms with E-state index in [4.69, 9.17) is 0 Å². The lowest BCUT2D eigenvalue weighted by Gasteiger charge is -2.23. The third-order valence-electron chi connectivity index (χ3n) is 4.20. The van der Waals surface area contributed by atoms with Crippen molar-refractivity contribution >= 4 is 12.4 Å². The predicted octanol–water partition coefficient (Wildman–Crippen LogP) is 2.37. The highest BCUT2D eigenvalue weighted by atomic mass is 16.5. The van der Waals surface area contributed by atoms with E-state index in [9.17, 15) is 9.59 Å². The van der Waals surface area contributed by atoms with Gasteiger partial charge in [0.25, 0.3) is 12.4 Å². The first-order valence-electron chi connectivity index (χ1n) is 9.57. The summed E-state index contributed by atoms with van der Waals surface area (Å²) in [6, 6.07) is 9.94. The molecule has 7 nitrogen and oxygen atoms in total. The van der Waals surface area contributed by atoms with E-state index in [-0.39, 0.29) is 11.5 Å². The molecule has 2 N–H and O–H groups in total. The molecule has 1 fully saturated rings. The quantitative estimate of drug-likeness (QED) is 0.771. The summed E-state index contributed by atoms with van der Waals surface area (Å²) in [5.74, 6) is 0.0209. The van der Waals surface area contributed by atoms with Crippen LogP contribution in [-0.4, -0.2) is 46.9 Å². The molecule has 152 valence electrons. The van der Waals surface area contributed by atoms with E-state index < -0.39 is 0 Å². The molecule has 28 heavy (non-hydrogen) atoms. The summed E-state index contributed by atoms with van der Waals surface area (Å²) >= 11 is 0. The average Bonchev–Trinajstić information content (AvgIpc) is 3.16. The molecule has 7 heteroatoms. The van der Waals surface area contributed by atoms with Gasteiger partial charge in [0.05, 0.1) is 6.54 Å². The molecule has 0 spiro atoms. The molecule has 1 saturated heterocycles. The minimum Gasteiger partial charge on any atom is -0.462 e. The molecular formula is C21H30N4O3. The number of hydrogen-bond donors (Lipinski definition) is 2. The Labute approximate surface area is 166 Å². The van der Waals surface area contributed by atoms with Crippen molar-refractivity contribution < 1.29 is 14.3 Å². The van der Waals surface area contributed by atoms with Crippen LogP contribution in [0.15, 0.2) is 42.7 Å². The summed E-state index contributed by atoms with van der Waals surface area (Å²) < 4.78 is 6.41. The number of carbonyl (C=O) groups excluding carboxylic acids is 2. The predicted molar refractivity (Wildman–Crippen MR) is 108 cm³/mol. The Morgan fingerprint density at radius 1 is 1.29 bits per heavy atom. The van der Waals surface area contributed by atoms with Crippen LogP contribution in [0.1, 0.15) is 49.5 Å². The second-order valence-electron chi connectivity index (χ2n) is 7.72. The van der Waals surface area contributed by atoms with Crippen LogP contribution in [0.2, 0.25) is 0 Å². The van der Waals surface area contributed by atoms with Gasteiger partial charge in [0, 0.05) is 24.0 Å². The molecule has 3 rings (SSSR count). The van der Waals surface area contributed by atoms with E-state index in [0.717, 1.165) is 43.6 Å². The van der Waals surface area contributed by atoms with Gasteiger partial charge in [-0.25, -0.2) is 0 Å². The molecular weight excluding hydrogens is 356 g/mol. The van der Waals surface area contributed by atoms with Gasteiger partial charge in [0.2, 0.25) is 0 Å². The number of nitrogens with zero attached hydrogens (tertiary/aromatic N) is 2. The maximum atomic E-state index is 12.2. The van der Waals surface area contributed by atoms with Crippen LogP contribution in [0.25, 0.3) is 0 Å². The smallest absolute Gasteiger partial charge is 0.293 e. The van der Waals surface area contributed by atoms with Gasteiger partial charge in [-0.1, -0.05) is 12.1 Å². The van der Waals surface area contributed by atoms with Gasteiger partial charge in [0.1, 0.15) is 5.60 Å². The van der Waals surface area contributed by atoms with Crippen LogP contribution < -0.4 is 10.6 Å². The van der Waals surface area contributed by atoms with E-state index in [1.165, 1.54) is 0 Å². The van der Waals surface area contributed by atoms with E-state index in [2.05, 4.69) is 20.5 Å². The van der Waals surface area contributed by atoms with Crippen molar-refractivity contribution in [1.29, 1.82) is 0 Å². The minimum absolute atomic E-state index is 0.0209. The fourth-order valence-corrected chi connectivity index (χ4v) is 2.72. The first kappa shape index (κ1) is 21.6. The van der Waals surface area contributed by atoms with Gasteiger partial charge in [-0.3, -0.25) is 14.3 Å². The number of amides is 1. The van der Waals surface area contributed by atoms with Gasteiger partial charge in [-0.15, -0.1) is 0 Å². The van der Waals surface area contributed by atoms with Crippen LogP contribution in [0.3, 0.4) is 0 Å². The highest BCUT2D eigenvalue weighted by molar-refractivity contribution is 5.94. The third kappa shape index (κ3) is 7.92. The second-order valence-corrected chi connectivity index (χ2v) is 7.72. The lowest BCUT2D eigenvalue weighted by atomic mass is 10.1. The summed E-state index contributed by atoms with van der Waals surface area (Å²) in [6.45, 7) is 8.61. The highest BCUT2D eigenvalue weighted by Crippen LogP contribution is 2.08. The van der Waals surface area contributed by atoms with Gasteiger partial charge in [0.15, 0.2) is 0 Å². The molecule has 1 aromatic heterocycles. The Kier molecular flexibility index (Phi) is 8.19. The maximum absolute atomic E-state index is 12.2. The number of rotatable bonds is 5. The molecule has 1 amide bonds. The molecule has 0 radical (unpaired) electrons. The van der Waals surface area contributed by atoms with Gasteiger partial charge in [-0.2, -0.15) is 5.10 Å². The summed E-state index contributed by atoms with van der Waals surface area (Å²) in [6.07, 6.45) is 5.70. The monoisotopic (exact) mass is 386 g/mol. The lowest BCUT2D eigenvalue weighted by Crippen LogP contribution is -2.42. The van der Waals surface area contributed by atoms with E-state index in [1.807, 2.05) is 62.0 Å². The van der Waals surface area contributed by atoms with Crippen molar-refractivity contribution in [2.45, 2.75) is 51.8 Å². The number of aromatic nitrogens is 2. The van der Waals surface area contributed by atoms with Crippen molar-refractivity contribution in [3.05, 3.63) is 53.9 Å². The topological polar surface area (TPSA) is 85.3 Å². The minimum atomic E-state index is -0.318. The number of carbonyl (C=O) groups is 2. The Morgan fingerprint density at radius 3 is 2.46 bits per heavy atom. The van der Waals surface area contributed by atoms with Crippen LogP contribution in [0.5, 0.6) is 0 Å². The summed E-state index contributed by atoms with van der Waals surface area (Å²) in [5, 5.41) is 10.6. The van der Waals surface area contributed by atoms with Gasteiger partial charge in [-0.05, 0) is 70.5 Å². The summed E-state index contributed by atoms with van der Waals surface area (Å²) in [7, 11) is 0. The average molecular weight is 386 g/mol. The molecule has 2 heterocycles. The fourth-order valence-electron chi connectivity index (χ4n) is 2.72. The van der Waals surface area contributed by atoms with Crippen molar-refractivity contribution in [3.8, 4) is 0 Å². The van der Waals surface area contributed by atoms with Crippen molar-refractivity contribution in [3.63, 3.8) is 0 Å². The standard InChI is InChI=1S/C16H20N4O.C5H10O2/c21-16(19-15-6-9-17-10-7-15)14-4-2-13(3-5-14)12-20-11-1-8-18-20;1-5(2,3)7-4-6/h1-5,8,11,15,17H,6-7,9-10,12H2,(H,19,21);4H,1-3H3. The SMILES string of the molecule is CC(C)(C)OC=O.O=C(NC1CCNCC1)c1ccc(Cn2cccn2)cc1. The Bertz CT molecular complexity index is 715. The van der Waals surface area contributed by atoms with E-state index >= 15 is 0 Å². The molecule has 0 aliphatic carbocycles. The second kappa shape index (κ2) is 10.6. The van der Waals surface area contributed by atoms with Crippen molar-refractivity contribution in [1.82, 2.24) is 20.4 Å². The summed E-state index contributed by atoms with van der Waals surface area (Å²) in [4.78, 5) is 21.8. The van der Waals surface area contributed by atoms with Crippen LogP contribution >= 0.6 is 0 Å². The van der Waals surface area contributed by atoms with Gasteiger partial charge < -0.3 is 15.4 Å². The zero-order valence-corrected chi connectivity index (χ0v) is 16.9. The van der Waals surface area contributed by atoms with Crippen LogP contribution in [-0.2, 0) is 16.1 Å². The van der Waals surface area contributed by atoms with Crippen LogP contribution in [0, 0.1) is 0 Å². The zero-order valence-electron chi connectivity index (χ0n) is 16.9. The van der Waals surface area contributed by atoms with E-state index in [0.29, 0.717) is 12.5 Å². The Hall–Kier alpha value is -2.67. The molecule has 2 aromatic rings. The molecule has 1 aliphatic heterocycles. The number of benzene rings is 1. The molecule has 0 atom stereocenters. The molecule has 1 aliphatic rings. The highest BCUT2D eigenvalue weighted by Gasteiger charge is 2.16. The fraction of sp³-hybridized carbons (Fsp3) is 0.476. The number of piperidine rings is 1. The normalized spacial score (nSPS) is 14.5. The summed E-state index contributed by atoms with van der Waals surface area (Å²) in [5.41, 5.74) is 1.54. The number of ether oxygens (including phenoxy) is 1. The van der Waals surface area contributed by atoms with Crippen molar-refractivity contribution in [2.75, 3.05) is 13.1 Å². The molecule has 0 bridgehead atoms. The Morgan fingerprint density at radius 2 is 1.96 bits per heavy atom. The van der Waals surface area contributed by atoms with Gasteiger partial charge >= 0.3 is 0 Å². The maximum Gasteiger partial charge on any atom is 0.293 e. The van der Waals surface area contributed by atoms with E-state index in [1.54, 1.807) is 6.20 Å². The first-order valence-corrected chi connectivity index (χ1v) is 9.57. The number of hydrogen-bond acceptors (Lipinski definition) is 5. The van der Waals surface area contributed by atoms with Crippen molar-refractivity contribution in [2.24, 2.45) is 0 Å².